The topological polar surface area (TPSA) is 59.0 Å². The van der Waals surface area contributed by atoms with Crippen LogP contribution in [0.15, 0.2) is 23.3 Å². The molecule has 1 aromatic rings. The summed E-state index contributed by atoms with van der Waals surface area (Å²) in [5.74, 6) is 1.61. The average Bonchev–Trinajstić information content (AvgIpc) is 2.93. The van der Waals surface area contributed by atoms with Crippen molar-refractivity contribution < 1.29 is 9.47 Å². The van der Waals surface area contributed by atoms with Crippen molar-refractivity contribution in [3.63, 3.8) is 0 Å². The number of aliphatic imine (C=N–C) groups is 1. The van der Waals surface area contributed by atoms with Crippen LogP contribution >= 0.6 is 24.0 Å². The third-order valence-corrected chi connectivity index (χ3v) is 4.06. The fourth-order valence-corrected chi connectivity index (χ4v) is 2.70. The molecule has 1 aliphatic rings. The first-order valence-electron chi connectivity index (χ1n) is 8.64. The molecular formula is C18H31IN4O2. The summed E-state index contributed by atoms with van der Waals surface area (Å²) in [5, 5.41) is 3.40. The Bertz CT molecular complexity index is 534. The number of hydrogen-bond acceptors (Lipinski definition) is 4. The molecule has 25 heavy (non-hydrogen) atoms. The van der Waals surface area contributed by atoms with Crippen LogP contribution in [-0.2, 0) is 11.3 Å². The van der Waals surface area contributed by atoms with Crippen molar-refractivity contribution in [3.05, 3.63) is 23.9 Å². The van der Waals surface area contributed by atoms with Gasteiger partial charge in [0.15, 0.2) is 5.96 Å². The van der Waals surface area contributed by atoms with E-state index in [9.17, 15) is 0 Å². The number of halogens is 1. The third-order valence-electron chi connectivity index (χ3n) is 4.06. The van der Waals surface area contributed by atoms with Crippen molar-refractivity contribution in [1.29, 1.82) is 0 Å². The highest BCUT2D eigenvalue weighted by Crippen LogP contribution is 2.28. The number of likely N-dealkylation sites (tertiary alicyclic amines) is 1. The zero-order valence-corrected chi connectivity index (χ0v) is 18.1. The number of aromatic nitrogens is 1. The van der Waals surface area contributed by atoms with Crippen LogP contribution in [0, 0.1) is 5.41 Å². The minimum atomic E-state index is 0. The van der Waals surface area contributed by atoms with Crippen LogP contribution in [-0.4, -0.2) is 55.8 Å². The van der Waals surface area contributed by atoms with Crippen LogP contribution in [0.2, 0.25) is 0 Å². The maximum Gasteiger partial charge on any atom is 0.213 e. The minimum Gasteiger partial charge on any atom is -0.475 e. The summed E-state index contributed by atoms with van der Waals surface area (Å²) in [6.45, 7) is 11.4. The lowest BCUT2D eigenvalue weighted by Gasteiger charge is -2.23. The van der Waals surface area contributed by atoms with Crippen LogP contribution in [0.25, 0.3) is 0 Å². The van der Waals surface area contributed by atoms with Crippen molar-refractivity contribution in [1.82, 2.24) is 15.2 Å². The van der Waals surface area contributed by atoms with E-state index in [2.05, 4.69) is 36.0 Å². The molecule has 1 N–H and O–H groups in total. The first-order valence-corrected chi connectivity index (χ1v) is 8.64. The number of ether oxygens (including phenoxy) is 2. The van der Waals surface area contributed by atoms with Crippen molar-refractivity contribution in [2.75, 3.05) is 40.0 Å². The van der Waals surface area contributed by atoms with Gasteiger partial charge in [-0.3, -0.25) is 0 Å². The molecule has 7 heteroatoms. The summed E-state index contributed by atoms with van der Waals surface area (Å²) >= 11 is 0. The van der Waals surface area contributed by atoms with Gasteiger partial charge < -0.3 is 19.7 Å². The van der Waals surface area contributed by atoms with Crippen molar-refractivity contribution in [2.24, 2.45) is 10.4 Å². The van der Waals surface area contributed by atoms with Crippen LogP contribution in [0.4, 0.5) is 0 Å². The van der Waals surface area contributed by atoms with Crippen molar-refractivity contribution in [2.45, 2.75) is 33.7 Å². The molecule has 0 aliphatic carbocycles. The molecule has 1 saturated heterocycles. The molecule has 2 heterocycles. The Morgan fingerprint density at radius 3 is 2.72 bits per heavy atom. The standard InChI is InChI=1S/C18H30N4O2.HI/c1-5-19-17(22-9-8-18(2,3)14-22)21-13-15-6-7-16(20-12-15)24-11-10-23-4;/h6-7,12H,5,8-11,13-14H2,1-4H3,(H,19,21);1H. The molecule has 0 bridgehead atoms. The molecule has 0 unspecified atom stereocenters. The molecule has 0 spiro atoms. The average molecular weight is 462 g/mol. The molecule has 1 aromatic heterocycles. The second-order valence-corrected chi connectivity index (χ2v) is 6.85. The first kappa shape index (κ1) is 22.0. The van der Waals surface area contributed by atoms with E-state index in [0.717, 1.165) is 31.2 Å². The van der Waals surface area contributed by atoms with Gasteiger partial charge in [0.1, 0.15) is 6.61 Å². The van der Waals surface area contributed by atoms with E-state index >= 15 is 0 Å². The van der Waals surface area contributed by atoms with Gasteiger partial charge in [0.2, 0.25) is 5.88 Å². The number of nitrogens with zero attached hydrogens (tertiary/aromatic N) is 3. The van der Waals surface area contributed by atoms with Crippen LogP contribution in [0.3, 0.4) is 0 Å². The van der Waals surface area contributed by atoms with Gasteiger partial charge in [0, 0.05) is 39.0 Å². The predicted octanol–water partition coefficient (Wildman–Crippen LogP) is 2.92. The van der Waals surface area contributed by atoms with Gasteiger partial charge in [-0.1, -0.05) is 19.9 Å². The maximum absolute atomic E-state index is 5.48. The second-order valence-electron chi connectivity index (χ2n) is 6.85. The molecule has 142 valence electrons. The number of methoxy groups -OCH3 is 1. The highest BCUT2D eigenvalue weighted by molar-refractivity contribution is 14.0. The Morgan fingerprint density at radius 2 is 2.16 bits per heavy atom. The monoisotopic (exact) mass is 462 g/mol. The summed E-state index contributed by atoms with van der Waals surface area (Å²) < 4.78 is 10.4. The Labute approximate surface area is 168 Å². The largest absolute Gasteiger partial charge is 0.475 e. The van der Waals surface area contributed by atoms with E-state index < -0.39 is 0 Å². The SMILES string of the molecule is CCNC(=NCc1ccc(OCCOC)nc1)N1CCC(C)(C)C1.I. The molecule has 0 radical (unpaired) electrons. The van der Waals surface area contributed by atoms with Crippen LogP contribution in [0.1, 0.15) is 32.8 Å². The van der Waals surface area contributed by atoms with E-state index in [1.54, 1.807) is 7.11 Å². The van der Waals surface area contributed by atoms with Gasteiger partial charge >= 0.3 is 0 Å². The minimum absolute atomic E-state index is 0. The molecule has 0 amide bonds. The zero-order chi connectivity index (χ0) is 17.4. The highest BCUT2D eigenvalue weighted by Gasteiger charge is 2.30. The zero-order valence-electron chi connectivity index (χ0n) is 15.7. The Hall–Kier alpha value is -1.09. The second kappa shape index (κ2) is 10.8. The summed E-state index contributed by atoms with van der Waals surface area (Å²) in [6.07, 6.45) is 3.02. The van der Waals surface area contributed by atoms with Gasteiger partial charge in [-0.25, -0.2) is 9.98 Å². The van der Waals surface area contributed by atoms with Crippen LogP contribution < -0.4 is 10.1 Å². The molecule has 6 nitrogen and oxygen atoms in total. The van der Waals surface area contributed by atoms with Crippen molar-refractivity contribution >= 4 is 29.9 Å². The predicted molar refractivity (Wildman–Crippen MR) is 112 cm³/mol. The molecule has 1 fully saturated rings. The van der Waals surface area contributed by atoms with E-state index in [-0.39, 0.29) is 24.0 Å². The lowest BCUT2D eigenvalue weighted by atomic mass is 9.93. The number of nitrogens with one attached hydrogen (secondary N) is 1. The molecule has 1 aliphatic heterocycles. The van der Waals surface area contributed by atoms with E-state index in [1.165, 1.54) is 6.42 Å². The van der Waals surface area contributed by atoms with E-state index in [4.69, 9.17) is 14.5 Å². The van der Waals surface area contributed by atoms with Gasteiger partial charge in [-0.2, -0.15) is 0 Å². The van der Waals surface area contributed by atoms with Gasteiger partial charge in [-0.05, 0) is 24.3 Å². The molecular weight excluding hydrogens is 431 g/mol. The van der Waals surface area contributed by atoms with Crippen LogP contribution in [0.5, 0.6) is 5.88 Å². The van der Waals surface area contributed by atoms with Gasteiger partial charge in [-0.15, -0.1) is 24.0 Å². The first-order chi connectivity index (χ1) is 11.5. The molecule has 0 saturated carbocycles. The summed E-state index contributed by atoms with van der Waals surface area (Å²) in [5.41, 5.74) is 1.43. The quantitative estimate of drug-likeness (QED) is 0.292. The van der Waals surface area contributed by atoms with Gasteiger partial charge in [0.05, 0.1) is 13.2 Å². The fraction of sp³-hybridized carbons (Fsp3) is 0.667. The Morgan fingerprint density at radius 1 is 1.36 bits per heavy atom. The summed E-state index contributed by atoms with van der Waals surface area (Å²) in [6, 6.07) is 3.89. The molecule has 0 atom stereocenters. The summed E-state index contributed by atoms with van der Waals surface area (Å²) in [7, 11) is 1.65. The van der Waals surface area contributed by atoms with E-state index in [1.807, 2.05) is 18.3 Å². The normalized spacial score (nSPS) is 16.5. The lowest BCUT2D eigenvalue weighted by Crippen LogP contribution is -2.40. The number of rotatable bonds is 7. The smallest absolute Gasteiger partial charge is 0.213 e. The highest BCUT2D eigenvalue weighted by atomic mass is 127. The Balaban J connectivity index is 0.00000312. The lowest BCUT2D eigenvalue weighted by molar-refractivity contribution is 0.143. The molecule has 0 aromatic carbocycles. The molecule has 2 rings (SSSR count). The third kappa shape index (κ3) is 7.35. The summed E-state index contributed by atoms with van der Waals surface area (Å²) in [4.78, 5) is 11.4. The van der Waals surface area contributed by atoms with E-state index in [0.29, 0.717) is 31.1 Å². The maximum atomic E-state index is 5.48. The Kier molecular flexibility index (Phi) is 9.48. The fourth-order valence-electron chi connectivity index (χ4n) is 2.70. The van der Waals surface area contributed by atoms with Gasteiger partial charge in [0.25, 0.3) is 0 Å². The number of guanidine groups is 1. The van der Waals surface area contributed by atoms with Crippen molar-refractivity contribution in [3.8, 4) is 5.88 Å². The number of hydrogen-bond donors (Lipinski definition) is 1. The number of pyridine rings is 1.